The topological polar surface area (TPSA) is 94.2 Å². The van der Waals surface area contributed by atoms with Crippen molar-refractivity contribution in [1.29, 1.82) is 0 Å². The zero-order valence-electron chi connectivity index (χ0n) is 16.2. The molecule has 0 aromatic carbocycles. The van der Waals surface area contributed by atoms with E-state index >= 15 is 0 Å². The van der Waals surface area contributed by atoms with Crippen LogP contribution in [0.4, 0.5) is 0 Å². The number of methoxy groups -OCH3 is 1. The van der Waals surface area contributed by atoms with E-state index in [0.717, 1.165) is 51.2 Å². The van der Waals surface area contributed by atoms with Gasteiger partial charge >= 0.3 is 0 Å². The fourth-order valence-electron chi connectivity index (χ4n) is 2.96. The predicted octanol–water partition coefficient (Wildman–Crippen LogP) is 2.27. The second-order valence-corrected chi connectivity index (χ2v) is 5.85. The Hall–Kier alpha value is -1.18. The van der Waals surface area contributed by atoms with Gasteiger partial charge in [0.15, 0.2) is 6.29 Å². The molecule has 2 fully saturated rings. The van der Waals surface area contributed by atoms with Crippen LogP contribution < -0.4 is 5.73 Å². The van der Waals surface area contributed by atoms with Crippen molar-refractivity contribution in [2.45, 2.75) is 64.1 Å². The zero-order valence-corrected chi connectivity index (χ0v) is 16.2. The normalized spacial score (nSPS) is 31.1. The van der Waals surface area contributed by atoms with Crippen LogP contribution in [0.2, 0.25) is 0 Å². The molecule has 25 heavy (non-hydrogen) atoms. The van der Waals surface area contributed by atoms with E-state index in [0.29, 0.717) is 0 Å². The van der Waals surface area contributed by atoms with E-state index in [1.165, 1.54) is 5.57 Å². The van der Waals surface area contributed by atoms with E-state index in [1.807, 2.05) is 26.0 Å². The molecule has 1 heterocycles. The molecule has 0 amide bonds. The third-order valence-corrected chi connectivity index (χ3v) is 4.27. The molecule has 0 radical (unpaired) electrons. The lowest BCUT2D eigenvalue weighted by molar-refractivity contribution is -0.236. The van der Waals surface area contributed by atoms with Gasteiger partial charge in [-0.2, -0.15) is 0 Å². The van der Waals surface area contributed by atoms with Crippen LogP contribution in [0.15, 0.2) is 35.6 Å². The number of allylic oxidation sites excluding steroid dienone is 2. The first kappa shape index (κ1) is 23.8. The van der Waals surface area contributed by atoms with Crippen LogP contribution in [-0.2, 0) is 14.2 Å². The van der Waals surface area contributed by atoms with Gasteiger partial charge in [0.1, 0.15) is 0 Å². The molecule has 4 N–H and O–H groups in total. The number of aliphatic hydroxyl groups is 2. The Kier molecular flexibility index (Phi) is 12.5. The van der Waals surface area contributed by atoms with Gasteiger partial charge in [0, 0.05) is 33.4 Å². The molecular weight excluding hydrogens is 322 g/mol. The van der Waals surface area contributed by atoms with Gasteiger partial charge in [0.25, 0.3) is 0 Å². The van der Waals surface area contributed by atoms with Crippen molar-refractivity contribution in [3.05, 3.63) is 35.6 Å². The number of hydrogen-bond donors (Lipinski definition) is 3. The summed E-state index contributed by atoms with van der Waals surface area (Å²) in [6.07, 6.45) is 7.71. The average Bonchev–Trinajstić information content (AvgIpc) is 2.97. The Morgan fingerprint density at radius 1 is 1.24 bits per heavy atom. The molecule has 1 saturated heterocycles. The second kappa shape index (κ2) is 13.1. The SMILES string of the molecule is C=C1CC(OC2CCC(OC)[C@H](C)O2)C/C1=C/C(N)=C\C.CO.CO. The summed E-state index contributed by atoms with van der Waals surface area (Å²) in [4.78, 5) is 0. The van der Waals surface area contributed by atoms with Crippen molar-refractivity contribution in [3.63, 3.8) is 0 Å². The highest BCUT2D eigenvalue weighted by molar-refractivity contribution is 5.39. The van der Waals surface area contributed by atoms with Crippen molar-refractivity contribution in [2.24, 2.45) is 5.73 Å². The summed E-state index contributed by atoms with van der Waals surface area (Å²) in [5.74, 6) is 0. The van der Waals surface area contributed by atoms with Gasteiger partial charge in [0.2, 0.25) is 0 Å². The Morgan fingerprint density at radius 2 is 1.88 bits per heavy atom. The maximum atomic E-state index is 7.00. The van der Waals surface area contributed by atoms with Crippen molar-refractivity contribution in [2.75, 3.05) is 21.3 Å². The Balaban J connectivity index is 0.00000134. The molecule has 0 bridgehead atoms. The summed E-state index contributed by atoms with van der Waals surface area (Å²) in [5, 5.41) is 14.0. The quantitative estimate of drug-likeness (QED) is 0.714. The first-order valence-electron chi connectivity index (χ1n) is 8.57. The molecule has 2 aliphatic rings. The Labute approximate surface area is 152 Å². The molecule has 2 rings (SSSR count). The number of aliphatic hydroxyl groups excluding tert-OH is 2. The fraction of sp³-hybridized carbons (Fsp3) is 0.684. The summed E-state index contributed by atoms with van der Waals surface area (Å²) in [6, 6.07) is 0. The van der Waals surface area contributed by atoms with Crippen LogP contribution >= 0.6 is 0 Å². The van der Waals surface area contributed by atoms with Crippen LogP contribution in [-0.4, -0.2) is 56.1 Å². The van der Waals surface area contributed by atoms with Crippen LogP contribution in [0.5, 0.6) is 0 Å². The standard InChI is InChI=1S/C17H27NO3.2CH4O/c1-5-14(18)9-13-10-15(8-11(13)2)21-17-7-6-16(19-4)12(3)20-17;2*1-2/h5,9,12,15-17H,2,6-8,10,18H2,1,3-4H3;2*2H,1H3/b13-9-,14-5+;;/t12-,15?,16?,17?;;/m0../s1. The largest absolute Gasteiger partial charge is 0.400 e. The monoisotopic (exact) mass is 357 g/mol. The van der Waals surface area contributed by atoms with Gasteiger partial charge in [-0.15, -0.1) is 0 Å². The summed E-state index contributed by atoms with van der Waals surface area (Å²) in [6.45, 7) is 8.08. The molecule has 0 aromatic rings. The average molecular weight is 357 g/mol. The van der Waals surface area contributed by atoms with Crippen molar-refractivity contribution >= 4 is 0 Å². The second-order valence-electron chi connectivity index (χ2n) is 5.85. The smallest absolute Gasteiger partial charge is 0.158 e. The van der Waals surface area contributed by atoms with Crippen molar-refractivity contribution in [3.8, 4) is 0 Å². The molecule has 1 aliphatic heterocycles. The lowest BCUT2D eigenvalue weighted by atomic mass is 10.1. The molecule has 4 atom stereocenters. The fourth-order valence-corrected chi connectivity index (χ4v) is 2.96. The Bertz CT molecular complexity index is 447. The highest BCUT2D eigenvalue weighted by atomic mass is 16.7. The first-order chi connectivity index (χ1) is 12.0. The van der Waals surface area contributed by atoms with E-state index in [2.05, 4.69) is 6.58 Å². The molecule has 6 nitrogen and oxygen atoms in total. The number of nitrogens with two attached hydrogens (primary N) is 1. The van der Waals surface area contributed by atoms with Gasteiger partial charge in [-0.25, -0.2) is 0 Å². The molecule has 0 aromatic heterocycles. The minimum Gasteiger partial charge on any atom is -0.400 e. The molecule has 3 unspecified atom stereocenters. The summed E-state index contributed by atoms with van der Waals surface area (Å²) in [7, 11) is 3.73. The minimum atomic E-state index is -0.136. The van der Waals surface area contributed by atoms with Crippen LogP contribution in [0.3, 0.4) is 0 Å². The third-order valence-electron chi connectivity index (χ3n) is 4.27. The van der Waals surface area contributed by atoms with Gasteiger partial charge < -0.3 is 30.2 Å². The lowest BCUT2D eigenvalue weighted by Gasteiger charge is -2.34. The number of hydrogen-bond acceptors (Lipinski definition) is 6. The van der Waals surface area contributed by atoms with Gasteiger partial charge in [-0.3, -0.25) is 0 Å². The molecule has 1 saturated carbocycles. The van der Waals surface area contributed by atoms with Gasteiger partial charge in [0.05, 0.1) is 18.3 Å². The summed E-state index contributed by atoms with van der Waals surface area (Å²) >= 11 is 0. The predicted molar refractivity (Wildman–Crippen MR) is 99.9 cm³/mol. The maximum absolute atomic E-state index is 7.00. The van der Waals surface area contributed by atoms with E-state index < -0.39 is 0 Å². The molecule has 1 aliphatic carbocycles. The van der Waals surface area contributed by atoms with E-state index in [4.69, 9.17) is 30.2 Å². The van der Waals surface area contributed by atoms with Gasteiger partial charge in [-0.05, 0) is 50.3 Å². The zero-order chi connectivity index (χ0) is 19.4. The summed E-state index contributed by atoms with van der Waals surface area (Å²) in [5.41, 5.74) is 8.94. The summed E-state index contributed by atoms with van der Waals surface area (Å²) < 4.78 is 17.4. The van der Waals surface area contributed by atoms with Crippen LogP contribution in [0, 0.1) is 0 Å². The highest BCUT2D eigenvalue weighted by Gasteiger charge is 2.32. The van der Waals surface area contributed by atoms with Gasteiger partial charge in [-0.1, -0.05) is 12.7 Å². The molecule has 6 heteroatoms. The highest BCUT2D eigenvalue weighted by Crippen LogP contribution is 2.34. The number of rotatable bonds is 4. The molecule has 0 spiro atoms. The maximum Gasteiger partial charge on any atom is 0.158 e. The molecule has 146 valence electrons. The third kappa shape index (κ3) is 7.71. The van der Waals surface area contributed by atoms with Crippen molar-refractivity contribution < 1.29 is 24.4 Å². The lowest BCUT2D eigenvalue weighted by Crippen LogP contribution is -2.40. The van der Waals surface area contributed by atoms with E-state index in [1.54, 1.807) is 7.11 Å². The number of ether oxygens (including phenoxy) is 3. The Morgan fingerprint density at radius 3 is 2.40 bits per heavy atom. The van der Waals surface area contributed by atoms with Crippen LogP contribution in [0.25, 0.3) is 0 Å². The van der Waals surface area contributed by atoms with E-state index in [9.17, 15) is 0 Å². The minimum absolute atomic E-state index is 0.0760. The first-order valence-corrected chi connectivity index (χ1v) is 8.57. The molecular formula is C19H35NO5. The van der Waals surface area contributed by atoms with Crippen LogP contribution in [0.1, 0.15) is 39.5 Å². The van der Waals surface area contributed by atoms with Crippen molar-refractivity contribution in [1.82, 2.24) is 0 Å². The van der Waals surface area contributed by atoms with E-state index in [-0.39, 0.29) is 24.6 Å².